The molecule has 1 aliphatic heterocycles. The van der Waals surface area contributed by atoms with Crippen LogP contribution in [0.5, 0.6) is 0 Å². The van der Waals surface area contributed by atoms with Crippen molar-refractivity contribution >= 4 is 34.7 Å². The molecule has 6 nitrogen and oxygen atoms in total. The lowest BCUT2D eigenvalue weighted by atomic mass is 9.77. The molecule has 2 aromatic carbocycles. The summed E-state index contributed by atoms with van der Waals surface area (Å²) in [5.41, 5.74) is -0.933. The summed E-state index contributed by atoms with van der Waals surface area (Å²) in [6.45, 7) is 0. The minimum absolute atomic E-state index is 0.148. The molecule has 166 valence electrons. The van der Waals surface area contributed by atoms with Crippen molar-refractivity contribution in [3.05, 3.63) is 80.0 Å². The van der Waals surface area contributed by atoms with Gasteiger partial charge in [-0.3, -0.25) is 24.6 Å². The molecule has 0 fully saturated rings. The highest BCUT2D eigenvalue weighted by atomic mass is 35.5. The van der Waals surface area contributed by atoms with Gasteiger partial charge in [-0.1, -0.05) is 23.7 Å². The minimum Gasteiger partial charge on any atom is -0.294 e. The standard InChI is InChI=1S/C22H16ClF3N2O4/c23-14-7-4-12(5-8-14)15-11-20(30)27(17-2-1-3-19(29)21(15)17)16-9-6-13(22(24,25)26)10-18(16)28(31)32/h4-10,15H,1-3,11H2. The normalized spacial score (nSPS) is 19.2. The van der Waals surface area contributed by atoms with Gasteiger partial charge in [0.15, 0.2) is 5.78 Å². The zero-order valence-electron chi connectivity index (χ0n) is 16.5. The van der Waals surface area contributed by atoms with Gasteiger partial charge in [-0.25, -0.2) is 0 Å². The molecule has 10 heteroatoms. The highest BCUT2D eigenvalue weighted by Gasteiger charge is 2.42. The summed E-state index contributed by atoms with van der Waals surface area (Å²) in [6, 6.07) is 8.74. The first kappa shape index (κ1) is 22.0. The molecule has 0 N–H and O–H groups in total. The number of allylic oxidation sites excluding steroid dienone is 2. The molecule has 2 aromatic rings. The molecule has 1 amide bonds. The number of carbonyl (C=O) groups is 2. The Morgan fingerprint density at radius 1 is 1.06 bits per heavy atom. The number of carbonyl (C=O) groups excluding carboxylic acids is 2. The molecule has 1 aliphatic carbocycles. The van der Waals surface area contributed by atoms with Crippen molar-refractivity contribution in [1.29, 1.82) is 0 Å². The Balaban J connectivity index is 1.89. The van der Waals surface area contributed by atoms with Gasteiger partial charge in [0, 0.05) is 41.1 Å². The van der Waals surface area contributed by atoms with Gasteiger partial charge in [0.05, 0.1) is 10.5 Å². The number of alkyl halides is 3. The Bertz CT molecular complexity index is 1160. The van der Waals surface area contributed by atoms with E-state index in [1.165, 1.54) is 0 Å². The van der Waals surface area contributed by atoms with E-state index in [2.05, 4.69) is 0 Å². The third kappa shape index (κ3) is 3.88. The van der Waals surface area contributed by atoms with Crippen LogP contribution < -0.4 is 4.90 Å². The first-order valence-corrected chi connectivity index (χ1v) is 10.2. The topological polar surface area (TPSA) is 80.5 Å². The Labute approximate surface area is 185 Å². The number of ketones is 1. The lowest BCUT2D eigenvalue weighted by Crippen LogP contribution is -2.40. The molecule has 0 saturated carbocycles. The summed E-state index contributed by atoms with van der Waals surface area (Å²) in [4.78, 5) is 37.7. The van der Waals surface area contributed by atoms with Gasteiger partial charge in [0.1, 0.15) is 5.69 Å². The number of rotatable bonds is 3. The van der Waals surface area contributed by atoms with Crippen molar-refractivity contribution in [2.75, 3.05) is 4.90 Å². The number of nitro benzene ring substituents is 1. The van der Waals surface area contributed by atoms with Crippen molar-refractivity contribution in [2.45, 2.75) is 37.8 Å². The Morgan fingerprint density at radius 3 is 2.38 bits per heavy atom. The first-order valence-electron chi connectivity index (χ1n) is 9.78. The fourth-order valence-electron chi connectivity index (χ4n) is 4.29. The summed E-state index contributed by atoms with van der Waals surface area (Å²) in [7, 11) is 0. The fraction of sp³-hybridized carbons (Fsp3) is 0.273. The van der Waals surface area contributed by atoms with Gasteiger partial charge in [0.2, 0.25) is 5.91 Å². The van der Waals surface area contributed by atoms with Crippen LogP contribution >= 0.6 is 11.6 Å². The molecule has 0 radical (unpaired) electrons. The van der Waals surface area contributed by atoms with Crippen molar-refractivity contribution < 1.29 is 27.7 Å². The zero-order valence-corrected chi connectivity index (χ0v) is 17.2. The van der Waals surface area contributed by atoms with E-state index in [9.17, 15) is 32.9 Å². The van der Waals surface area contributed by atoms with Crippen LogP contribution in [0, 0.1) is 10.1 Å². The molecule has 0 bridgehead atoms. The summed E-state index contributed by atoms with van der Waals surface area (Å²) < 4.78 is 39.3. The molecule has 0 saturated heterocycles. The average Bonchev–Trinajstić information content (AvgIpc) is 2.73. The second-order valence-electron chi connectivity index (χ2n) is 7.63. The molecule has 0 aromatic heterocycles. The number of nitro groups is 1. The molecule has 2 aliphatic rings. The van der Waals surface area contributed by atoms with Crippen molar-refractivity contribution in [1.82, 2.24) is 0 Å². The van der Waals surface area contributed by atoms with Crippen LogP contribution in [0.1, 0.15) is 42.7 Å². The maximum absolute atomic E-state index is 13.2. The molecular weight excluding hydrogens is 449 g/mol. The third-order valence-electron chi connectivity index (χ3n) is 5.69. The molecule has 1 atom stereocenters. The van der Waals surface area contributed by atoms with Gasteiger partial charge < -0.3 is 0 Å². The number of Topliss-reactive ketones (excluding diaryl/α,β-unsaturated/α-hetero) is 1. The predicted octanol–water partition coefficient (Wildman–Crippen LogP) is 5.79. The number of nitrogens with zero attached hydrogens (tertiary/aromatic N) is 2. The molecule has 0 spiro atoms. The van der Waals surface area contributed by atoms with E-state index in [-0.39, 0.29) is 24.3 Å². The molecule has 4 rings (SSSR count). The number of anilines is 1. The second kappa shape index (κ2) is 8.05. The van der Waals surface area contributed by atoms with Crippen molar-refractivity contribution in [3.63, 3.8) is 0 Å². The van der Waals surface area contributed by atoms with Gasteiger partial charge >= 0.3 is 6.18 Å². The quantitative estimate of drug-likeness (QED) is 0.425. The molecule has 1 heterocycles. The number of halogens is 4. The predicted molar refractivity (Wildman–Crippen MR) is 110 cm³/mol. The highest BCUT2D eigenvalue weighted by Crippen LogP contribution is 2.46. The van der Waals surface area contributed by atoms with Crippen LogP contribution in [-0.4, -0.2) is 16.6 Å². The molecular formula is C22H16ClF3N2O4. The van der Waals surface area contributed by atoms with Gasteiger partial charge in [0.25, 0.3) is 5.69 Å². The maximum atomic E-state index is 13.2. The SMILES string of the molecule is O=C1CCCC2=C1C(c1ccc(Cl)cc1)CC(=O)N2c1ccc(C(F)(F)F)cc1[N+](=O)[O-]. The molecule has 32 heavy (non-hydrogen) atoms. The Morgan fingerprint density at radius 2 is 1.75 bits per heavy atom. The van der Waals surface area contributed by atoms with Crippen LogP contribution in [0.2, 0.25) is 5.02 Å². The maximum Gasteiger partial charge on any atom is 0.416 e. The number of hydrogen-bond donors (Lipinski definition) is 0. The highest BCUT2D eigenvalue weighted by molar-refractivity contribution is 6.30. The summed E-state index contributed by atoms with van der Waals surface area (Å²) in [5.74, 6) is -1.26. The van der Waals surface area contributed by atoms with E-state index in [1.807, 2.05) is 0 Å². The van der Waals surface area contributed by atoms with Crippen LogP contribution in [-0.2, 0) is 15.8 Å². The summed E-state index contributed by atoms with van der Waals surface area (Å²) in [6.07, 6.45) is -3.93. The van der Waals surface area contributed by atoms with E-state index in [4.69, 9.17) is 11.6 Å². The van der Waals surface area contributed by atoms with Crippen LogP contribution in [0.4, 0.5) is 24.5 Å². The fourth-order valence-corrected chi connectivity index (χ4v) is 4.41. The lowest BCUT2D eigenvalue weighted by Gasteiger charge is -2.38. The van der Waals surface area contributed by atoms with Gasteiger partial charge in [-0.15, -0.1) is 0 Å². The van der Waals surface area contributed by atoms with E-state index in [1.54, 1.807) is 24.3 Å². The number of hydrogen-bond acceptors (Lipinski definition) is 4. The summed E-state index contributed by atoms with van der Waals surface area (Å²) in [5, 5.41) is 12.1. The smallest absolute Gasteiger partial charge is 0.294 e. The largest absolute Gasteiger partial charge is 0.416 e. The van der Waals surface area contributed by atoms with Gasteiger partial charge in [-0.2, -0.15) is 13.2 Å². The molecule has 1 unspecified atom stereocenters. The van der Waals surface area contributed by atoms with E-state index < -0.39 is 34.2 Å². The van der Waals surface area contributed by atoms with E-state index in [0.717, 1.165) is 11.0 Å². The van der Waals surface area contributed by atoms with E-state index in [0.29, 0.717) is 46.8 Å². The lowest BCUT2D eigenvalue weighted by molar-refractivity contribution is -0.384. The number of benzene rings is 2. The van der Waals surface area contributed by atoms with Crippen LogP contribution in [0.3, 0.4) is 0 Å². The minimum atomic E-state index is -4.78. The van der Waals surface area contributed by atoms with E-state index >= 15 is 0 Å². The van der Waals surface area contributed by atoms with Crippen LogP contribution in [0.15, 0.2) is 53.7 Å². The average molecular weight is 465 g/mol. The Kier molecular flexibility index (Phi) is 5.54. The second-order valence-corrected chi connectivity index (χ2v) is 8.07. The number of amides is 1. The first-order chi connectivity index (χ1) is 15.1. The van der Waals surface area contributed by atoms with Crippen LogP contribution in [0.25, 0.3) is 0 Å². The third-order valence-corrected chi connectivity index (χ3v) is 5.94. The van der Waals surface area contributed by atoms with Crippen molar-refractivity contribution in [2.24, 2.45) is 0 Å². The summed E-state index contributed by atoms with van der Waals surface area (Å²) >= 11 is 5.94. The van der Waals surface area contributed by atoms with Crippen molar-refractivity contribution in [3.8, 4) is 0 Å². The Hall–Kier alpha value is -3.20. The van der Waals surface area contributed by atoms with Gasteiger partial charge in [-0.05, 0) is 42.7 Å². The monoisotopic (exact) mass is 464 g/mol. The zero-order chi connectivity index (χ0) is 23.2.